The molecule has 2 heterocycles. The highest BCUT2D eigenvalue weighted by atomic mass is 32.2. The lowest BCUT2D eigenvalue weighted by molar-refractivity contribution is 0.0539. The molecule has 1 aromatic rings. The van der Waals surface area contributed by atoms with Crippen LogP contribution in [-0.2, 0) is 14.9 Å². The third-order valence-corrected chi connectivity index (χ3v) is 7.65. The highest BCUT2D eigenvalue weighted by Gasteiger charge is 2.30. The molecule has 0 aliphatic carbocycles. The smallest absolute Gasteiger partial charge is 0.281 e. The molecule has 168 valence electrons. The van der Waals surface area contributed by atoms with Crippen LogP contribution in [0.4, 0.5) is 0 Å². The van der Waals surface area contributed by atoms with Gasteiger partial charge in [-0.2, -0.15) is 17.0 Å². The van der Waals surface area contributed by atoms with Crippen LogP contribution < -0.4 is 4.74 Å². The Morgan fingerprint density at radius 2 is 1.83 bits per heavy atom. The molecule has 1 atom stereocenters. The molecular weight excluding hydrogens is 406 g/mol. The van der Waals surface area contributed by atoms with Gasteiger partial charge in [0, 0.05) is 52.4 Å². The van der Waals surface area contributed by atoms with E-state index in [1.54, 1.807) is 26.2 Å². The van der Waals surface area contributed by atoms with Gasteiger partial charge in [-0.25, -0.2) is 0 Å². The minimum Gasteiger partial charge on any atom is -0.490 e. The van der Waals surface area contributed by atoms with E-state index in [2.05, 4.69) is 0 Å². The molecule has 8 nitrogen and oxygen atoms in total. The van der Waals surface area contributed by atoms with Crippen molar-refractivity contribution >= 4 is 16.1 Å². The van der Waals surface area contributed by atoms with Crippen LogP contribution in [0.25, 0.3) is 0 Å². The van der Waals surface area contributed by atoms with Crippen molar-refractivity contribution in [1.82, 2.24) is 13.5 Å². The van der Waals surface area contributed by atoms with E-state index < -0.39 is 10.2 Å². The summed E-state index contributed by atoms with van der Waals surface area (Å²) in [7, 11) is -0.285. The van der Waals surface area contributed by atoms with E-state index in [1.165, 1.54) is 8.61 Å². The lowest BCUT2D eigenvalue weighted by Crippen LogP contribution is -2.46. The van der Waals surface area contributed by atoms with Gasteiger partial charge in [0.15, 0.2) is 0 Å². The number of piperidine rings is 1. The van der Waals surface area contributed by atoms with Crippen LogP contribution >= 0.6 is 0 Å². The standard InChI is InChI=1S/C21H33N3O5S/c1-4-23(16-20-6-5-15-28-20)21(25)17-7-9-18(10-8-17)29-19-11-13-24(14-12-19)30(26,27)22(2)3/h7-10,19-20H,4-6,11-16H2,1-3H3/t20-/m1/s1. The summed E-state index contributed by atoms with van der Waals surface area (Å²) in [4.78, 5) is 14.6. The van der Waals surface area contributed by atoms with E-state index in [1.807, 2.05) is 24.0 Å². The molecule has 2 saturated heterocycles. The third-order valence-electron chi connectivity index (χ3n) is 5.71. The van der Waals surface area contributed by atoms with Gasteiger partial charge >= 0.3 is 0 Å². The number of rotatable bonds is 8. The molecule has 0 unspecified atom stereocenters. The highest BCUT2D eigenvalue weighted by Crippen LogP contribution is 2.22. The van der Waals surface area contributed by atoms with Gasteiger partial charge in [-0.1, -0.05) is 0 Å². The van der Waals surface area contributed by atoms with E-state index in [4.69, 9.17) is 9.47 Å². The van der Waals surface area contributed by atoms with Crippen LogP contribution in [0, 0.1) is 0 Å². The van der Waals surface area contributed by atoms with Gasteiger partial charge in [-0.3, -0.25) is 4.79 Å². The molecule has 0 spiro atoms. The summed E-state index contributed by atoms with van der Waals surface area (Å²) in [6.45, 7) is 4.91. The maximum Gasteiger partial charge on any atom is 0.281 e. The van der Waals surface area contributed by atoms with Crippen molar-refractivity contribution in [2.24, 2.45) is 0 Å². The number of hydrogen-bond acceptors (Lipinski definition) is 5. The Labute approximate surface area is 179 Å². The summed E-state index contributed by atoms with van der Waals surface area (Å²) in [5.74, 6) is 0.699. The fraction of sp³-hybridized carbons (Fsp3) is 0.667. The SMILES string of the molecule is CCN(C[C@H]1CCCO1)C(=O)c1ccc(OC2CCN(S(=O)(=O)N(C)C)CC2)cc1. The van der Waals surface area contributed by atoms with Crippen LogP contribution in [0.15, 0.2) is 24.3 Å². The molecule has 3 rings (SSSR count). The summed E-state index contributed by atoms with van der Waals surface area (Å²) in [5, 5.41) is 0. The summed E-state index contributed by atoms with van der Waals surface area (Å²) in [5.41, 5.74) is 0.633. The number of nitrogens with zero attached hydrogens (tertiary/aromatic N) is 3. The molecule has 30 heavy (non-hydrogen) atoms. The van der Waals surface area contributed by atoms with Crippen molar-refractivity contribution < 1.29 is 22.7 Å². The maximum absolute atomic E-state index is 12.8. The minimum absolute atomic E-state index is 0.00162. The quantitative estimate of drug-likeness (QED) is 0.619. The Kier molecular flexibility index (Phi) is 7.73. The van der Waals surface area contributed by atoms with Crippen molar-refractivity contribution in [2.75, 3.05) is 46.9 Å². The van der Waals surface area contributed by atoms with E-state index >= 15 is 0 Å². The molecular formula is C21H33N3O5S. The topological polar surface area (TPSA) is 79.4 Å². The van der Waals surface area contributed by atoms with Crippen LogP contribution in [0.5, 0.6) is 5.75 Å². The molecule has 0 aromatic heterocycles. The number of hydrogen-bond donors (Lipinski definition) is 0. The molecule has 0 radical (unpaired) electrons. The Balaban J connectivity index is 1.52. The van der Waals surface area contributed by atoms with Gasteiger partial charge < -0.3 is 14.4 Å². The van der Waals surface area contributed by atoms with Crippen molar-refractivity contribution in [3.63, 3.8) is 0 Å². The Morgan fingerprint density at radius 3 is 2.37 bits per heavy atom. The molecule has 1 aromatic carbocycles. The van der Waals surface area contributed by atoms with Crippen LogP contribution in [-0.4, -0.2) is 86.9 Å². The number of amides is 1. The highest BCUT2D eigenvalue weighted by molar-refractivity contribution is 7.86. The number of ether oxygens (including phenoxy) is 2. The first-order valence-corrected chi connectivity index (χ1v) is 12.1. The summed E-state index contributed by atoms with van der Waals surface area (Å²) >= 11 is 0. The second-order valence-corrected chi connectivity index (χ2v) is 10.2. The zero-order valence-corrected chi connectivity index (χ0v) is 18.9. The number of carbonyl (C=O) groups excluding carboxylic acids is 1. The largest absolute Gasteiger partial charge is 0.490 e. The van der Waals surface area contributed by atoms with Crippen LogP contribution in [0.3, 0.4) is 0 Å². The number of likely N-dealkylation sites (N-methyl/N-ethyl adjacent to an activating group) is 1. The van der Waals surface area contributed by atoms with Crippen molar-refractivity contribution in [3.8, 4) is 5.75 Å². The molecule has 9 heteroatoms. The average Bonchev–Trinajstić information content (AvgIpc) is 3.25. The van der Waals surface area contributed by atoms with Crippen molar-refractivity contribution in [1.29, 1.82) is 0 Å². The lowest BCUT2D eigenvalue weighted by atomic mass is 10.1. The average molecular weight is 440 g/mol. The maximum atomic E-state index is 12.8. The summed E-state index contributed by atoms with van der Waals surface area (Å²) in [6, 6.07) is 7.22. The van der Waals surface area contributed by atoms with Crippen molar-refractivity contribution in [2.45, 2.75) is 44.8 Å². The zero-order chi connectivity index (χ0) is 21.7. The van der Waals surface area contributed by atoms with E-state index in [0.717, 1.165) is 19.4 Å². The second-order valence-electron chi connectivity index (χ2n) is 8.01. The third kappa shape index (κ3) is 5.51. The molecule has 2 aliphatic rings. The normalized spacial score (nSPS) is 21.1. The molecule has 0 bridgehead atoms. The van der Waals surface area contributed by atoms with E-state index in [9.17, 15) is 13.2 Å². The first kappa shape index (κ1) is 23.0. The van der Waals surface area contributed by atoms with Gasteiger partial charge in [-0.15, -0.1) is 0 Å². The molecule has 2 fully saturated rings. The number of benzene rings is 1. The summed E-state index contributed by atoms with van der Waals surface area (Å²) < 4.78 is 38.8. The summed E-state index contributed by atoms with van der Waals surface area (Å²) in [6.07, 6.45) is 3.44. The van der Waals surface area contributed by atoms with Crippen LogP contribution in [0.2, 0.25) is 0 Å². The minimum atomic E-state index is -3.37. The Bertz CT molecular complexity index is 798. The molecule has 0 saturated carbocycles. The Hall–Kier alpha value is -1.68. The van der Waals surface area contributed by atoms with E-state index in [-0.39, 0.29) is 18.1 Å². The van der Waals surface area contributed by atoms with Crippen molar-refractivity contribution in [3.05, 3.63) is 29.8 Å². The van der Waals surface area contributed by atoms with Crippen LogP contribution in [0.1, 0.15) is 43.0 Å². The molecule has 0 N–H and O–H groups in total. The monoisotopic (exact) mass is 439 g/mol. The first-order valence-electron chi connectivity index (χ1n) is 10.7. The second kappa shape index (κ2) is 10.1. The molecule has 2 aliphatic heterocycles. The predicted molar refractivity (Wildman–Crippen MR) is 115 cm³/mol. The zero-order valence-electron chi connectivity index (χ0n) is 18.1. The van der Waals surface area contributed by atoms with Gasteiger partial charge in [0.05, 0.1) is 6.10 Å². The van der Waals surface area contributed by atoms with Gasteiger partial charge in [-0.05, 0) is 56.9 Å². The van der Waals surface area contributed by atoms with Gasteiger partial charge in [0.1, 0.15) is 11.9 Å². The van der Waals surface area contributed by atoms with E-state index in [0.29, 0.717) is 50.3 Å². The lowest BCUT2D eigenvalue weighted by Gasteiger charge is -2.32. The fourth-order valence-corrected chi connectivity index (χ4v) is 4.99. The predicted octanol–water partition coefficient (Wildman–Crippen LogP) is 1.98. The number of carbonyl (C=O) groups is 1. The van der Waals surface area contributed by atoms with Gasteiger partial charge in [0.2, 0.25) is 0 Å². The Morgan fingerprint density at radius 1 is 1.17 bits per heavy atom. The fourth-order valence-electron chi connectivity index (χ4n) is 3.85. The first-order chi connectivity index (χ1) is 14.3. The van der Waals surface area contributed by atoms with Gasteiger partial charge in [0.25, 0.3) is 16.1 Å². The molecule has 1 amide bonds.